The molecule has 0 atom stereocenters. The highest BCUT2D eigenvalue weighted by molar-refractivity contribution is 6.24. The van der Waals surface area contributed by atoms with Crippen LogP contribution in [0.5, 0.6) is 0 Å². The lowest BCUT2D eigenvalue weighted by atomic mass is 9.84. The summed E-state index contributed by atoms with van der Waals surface area (Å²) in [6.07, 6.45) is 0. The SMILES string of the molecule is c1ccc(-c2ccc3c(c2)c2cc(-c4ccccc4)ccc2n3-c2ccc(N(c3ccccc3)c3cccc4c(-c5c6ccccc6c(-c6ccc7ccccc7c6)c6ccccc56)cccc34)cc2)cc1. The molecule has 0 fully saturated rings. The van der Waals surface area contributed by atoms with Crippen LogP contribution in [0.15, 0.2) is 279 Å². The van der Waals surface area contributed by atoms with E-state index in [0.717, 1.165) is 22.7 Å². The van der Waals surface area contributed by atoms with Gasteiger partial charge < -0.3 is 9.47 Å². The van der Waals surface area contributed by atoms with Crippen LogP contribution >= 0.6 is 0 Å². The van der Waals surface area contributed by atoms with E-state index in [9.17, 15) is 0 Å². The van der Waals surface area contributed by atoms with Gasteiger partial charge in [0, 0.05) is 33.2 Å². The molecule has 13 aromatic carbocycles. The first-order valence-electron chi connectivity index (χ1n) is 24.8. The summed E-state index contributed by atoms with van der Waals surface area (Å²) in [4.78, 5) is 2.42. The zero-order chi connectivity index (χ0) is 47.5. The number of para-hydroxylation sites is 1. The molecule has 0 radical (unpaired) electrons. The first-order valence-corrected chi connectivity index (χ1v) is 24.8. The maximum Gasteiger partial charge on any atom is 0.0541 e. The van der Waals surface area contributed by atoms with Crippen LogP contribution in [0.1, 0.15) is 0 Å². The van der Waals surface area contributed by atoms with Crippen molar-refractivity contribution in [2.24, 2.45) is 0 Å². The quantitative estimate of drug-likeness (QED) is 0.138. The van der Waals surface area contributed by atoms with Crippen LogP contribution in [-0.4, -0.2) is 4.57 Å². The van der Waals surface area contributed by atoms with Crippen LogP contribution in [-0.2, 0) is 0 Å². The number of aromatic nitrogens is 1. The molecule has 0 saturated heterocycles. The Morgan fingerprint density at radius 2 is 0.722 bits per heavy atom. The minimum absolute atomic E-state index is 1.08. The van der Waals surface area contributed by atoms with Gasteiger partial charge in [0.15, 0.2) is 0 Å². The van der Waals surface area contributed by atoms with Crippen molar-refractivity contribution in [3.63, 3.8) is 0 Å². The highest BCUT2D eigenvalue weighted by Gasteiger charge is 2.22. The van der Waals surface area contributed by atoms with E-state index >= 15 is 0 Å². The predicted molar refractivity (Wildman–Crippen MR) is 307 cm³/mol. The van der Waals surface area contributed by atoms with Gasteiger partial charge in [0.2, 0.25) is 0 Å². The van der Waals surface area contributed by atoms with Gasteiger partial charge in [0.25, 0.3) is 0 Å². The summed E-state index contributed by atoms with van der Waals surface area (Å²) in [6, 6.07) is 102. The molecule has 0 bridgehead atoms. The highest BCUT2D eigenvalue weighted by atomic mass is 15.1. The molecule has 0 amide bonds. The fourth-order valence-electron chi connectivity index (χ4n) is 11.5. The van der Waals surface area contributed by atoms with Crippen molar-refractivity contribution in [1.29, 1.82) is 0 Å². The molecule has 2 heteroatoms. The highest BCUT2D eigenvalue weighted by Crippen LogP contribution is 2.48. The molecule has 0 aliphatic carbocycles. The van der Waals surface area contributed by atoms with Crippen LogP contribution < -0.4 is 4.90 Å². The molecule has 14 rings (SSSR count). The van der Waals surface area contributed by atoms with Gasteiger partial charge in [-0.05, 0) is 155 Å². The van der Waals surface area contributed by atoms with Gasteiger partial charge in [-0.3, -0.25) is 0 Å². The third-order valence-corrected chi connectivity index (χ3v) is 14.7. The first-order chi connectivity index (χ1) is 35.7. The summed E-state index contributed by atoms with van der Waals surface area (Å²) >= 11 is 0. The Bertz CT molecular complexity index is 4210. The second-order valence-corrected chi connectivity index (χ2v) is 18.8. The van der Waals surface area contributed by atoms with Gasteiger partial charge in [-0.15, -0.1) is 0 Å². The van der Waals surface area contributed by atoms with Crippen LogP contribution in [0, 0.1) is 0 Å². The zero-order valence-electron chi connectivity index (χ0n) is 39.5. The Hall–Kier alpha value is -9.50. The van der Waals surface area contributed by atoms with Crippen molar-refractivity contribution < 1.29 is 0 Å². The van der Waals surface area contributed by atoms with Crippen molar-refractivity contribution in [2.75, 3.05) is 4.90 Å². The van der Waals surface area contributed by atoms with E-state index in [0.29, 0.717) is 0 Å². The maximum absolute atomic E-state index is 2.43. The molecule has 0 aliphatic heterocycles. The van der Waals surface area contributed by atoms with Crippen LogP contribution in [0.2, 0.25) is 0 Å². The minimum atomic E-state index is 1.08. The van der Waals surface area contributed by atoms with Gasteiger partial charge in [-0.1, -0.05) is 206 Å². The first kappa shape index (κ1) is 41.5. The van der Waals surface area contributed by atoms with Crippen molar-refractivity contribution >= 4 is 82.0 Å². The van der Waals surface area contributed by atoms with E-state index in [1.54, 1.807) is 0 Å². The van der Waals surface area contributed by atoms with Crippen LogP contribution in [0.25, 0.3) is 115 Å². The molecule has 0 N–H and O–H groups in total. The topological polar surface area (TPSA) is 8.17 Å². The summed E-state index contributed by atoms with van der Waals surface area (Å²) in [5.41, 5.74) is 16.6. The normalized spacial score (nSPS) is 11.6. The Balaban J connectivity index is 0.925. The Labute approximate surface area is 418 Å². The molecule has 1 heterocycles. The Morgan fingerprint density at radius 3 is 1.33 bits per heavy atom. The molecule has 1 aromatic heterocycles. The summed E-state index contributed by atoms with van der Waals surface area (Å²) in [5.74, 6) is 0. The Morgan fingerprint density at radius 1 is 0.250 bits per heavy atom. The van der Waals surface area contributed by atoms with Gasteiger partial charge >= 0.3 is 0 Å². The lowest BCUT2D eigenvalue weighted by Gasteiger charge is -2.27. The number of rotatable bonds is 8. The molecule has 72 heavy (non-hydrogen) atoms. The fraction of sp³-hybridized carbons (Fsp3) is 0. The second-order valence-electron chi connectivity index (χ2n) is 18.8. The summed E-state index contributed by atoms with van der Waals surface area (Å²) in [6.45, 7) is 0. The molecule has 0 spiro atoms. The molecule has 14 aromatic rings. The van der Waals surface area contributed by atoms with Gasteiger partial charge in [0.1, 0.15) is 0 Å². The number of anilines is 3. The summed E-state index contributed by atoms with van der Waals surface area (Å²) < 4.78 is 2.43. The molecule has 2 nitrogen and oxygen atoms in total. The van der Waals surface area contributed by atoms with E-state index in [1.807, 2.05) is 0 Å². The van der Waals surface area contributed by atoms with Gasteiger partial charge in [0.05, 0.1) is 16.7 Å². The zero-order valence-corrected chi connectivity index (χ0v) is 39.5. The monoisotopic (exact) mass is 914 g/mol. The standard InChI is InChI=1S/C70H46N2/c1-4-18-47(19-5-1)51-36-42-67-64(45-51)65-46-52(48-20-6-2-7-21-48)37-43-68(65)72(67)56-40-38-55(39-41-56)71(54-24-8-3-9-25-54)66-33-17-30-57-58(66)31-16-32-59(57)70-62-28-14-12-26-60(62)69(61-27-13-15-29-63(61)70)53-35-34-49-22-10-11-23-50(49)44-53/h1-46H. The number of hydrogen-bond donors (Lipinski definition) is 0. The number of benzene rings is 13. The molecule has 0 unspecified atom stereocenters. The maximum atomic E-state index is 2.43. The third-order valence-electron chi connectivity index (χ3n) is 14.7. The minimum Gasteiger partial charge on any atom is -0.310 e. The average molecular weight is 915 g/mol. The number of fused-ring (bicyclic) bond motifs is 7. The van der Waals surface area contributed by atoms with E-state index < -0.39 is 0 Å². The molecular formula is C70H46N2. The largest absolute Gasteiger partial charge is 0.310 e. The third kappa shape index (κ3) is 6.88. The fourth-order valence-corrected chi connectivity index (χ4v) is 11.5. The molecule has 0 saturated carbocycles. The van der Waals surface area contributed by atoms with E-state index in [1.165, 1.54) is 109 Å². The van der Waals surface area contributed by atoms with Crippen molar-refractivity contribution in [3.8, 4) is 50.2 Å². The van der Waals surface area contributed by atoms with Crippen molar-refractivity contribution in [2.45, 2.75) is 0 Å². The lowest BCUT2D eigenvalue weighted by molar-refractivity contribution is 1.17. The summed E-state index contributed by atoms with van der Waals surface area (Å²) in [5, 5.41) is 12.3. The Kier molecular flexibility index (Phi) is 9.89. The van der Waals surface area contributed by atoms with E-state index in [-0.39, 0.29) is 0 Å². The second kappa shape index (κ2) is 17.2. The molecular weight excluding hydrogens is 869 g/mol. The van der Waals surface area contributed by atoms with Crippen LogP contribution in [0.4, 0.5) is 17.1 Å². The van der Waals surface area contributed by atoms with Crippen molar-refractivity contribution in [1.82, 2.24) is 4.57 Å². The van der Waals surface area contributed by atoms with Crippen LogP contribution in [0.3, 0.4) is 0 Å². The number of hydrogen-bond acceptors (Lipinski definition) is 1. The van der Waals surface area contributed by atoms with Crippen molar-refractivity contribution in [3.05, 3.63) is 279 Å². The molecule has 0 aliphatic rings. The predicted octanol–water partition coefficient (Wildman–Crippen LogP) is 19.5. The smallest absolute Gasteiger partial charge is 0.0541 e. The van der Waals surface area contributed by atoms with Gasteiger partial charge in [-0.2, -0.15) is 0 Å². The number of nitrogens with zero attached hydrogens (tertiary/aromatic N) is 2. The summed E-state index contributed by atoms with van der Waals surface area (Å²) in [7, 11) is 0. The average Bonchev–Trinajstić information content (AvgIpc) is 3.78. The lowest BCUT2D eigenvalue weighted by Crippen LogP contribution is -2.10. The van der Waals surface area contributed by atoms with Gasteiger partial charge in [-0.25, -0.2) is 0 Å². The van der Waals surface area contributed by atoms with E-state index in [4.69, 9.17) is 0 Å². The van der Waals surface area contributed by atoms with E-state index in [2.05, 4.69) is 289 Å². The molecule has 336 valence electrons.